The number of rotatable bonds is 11. The summed E-state index contributed by atoms with van der Waals surface area (Å²) in [6.07, 6.45) is 5.30. The maximum Gasteiger partial charge on any atom is 0.326 e. The highest BCUT2D eigenvalue weighted by Crippen LogP contribution is 2.23. The molecule has 1 aromatic carbocycles. The number of carboxylic acids is 1. The monoisotopic (exact) mass is 503 g/mol. The van der Waals surface area contributed by atoms with Crippen molar-refractivity contribution in [1.29, 1.82) is 0 Å². The summed E-state index contributed by atoms with van der Waals surface area (Å²) in [7, 11) is 0. The molecular weight excluding hydrogens is 470 g/mol. The zero-order valence-corrected chi connectivity index (χ0v) is 20.8. The van der Waals surface area contributed by atoms with Gasteiger partial charge in [-0.15, -0.1) is 0 Å². The number of benzene rings is 1. The number of carbonyl (C=O) groups is 4. The standard InChI is InChI=1S/C24H33N5O5S/c1-14(27-22(31)17(25)9-11-35-2)21(30)28-19(23(32)29-10-5-8-20(29)24(33)34)12-15-13-26-18-7-4-3-6-16(15)18/h3-4,6-7,13-14,17,19-20,26H,5,8-12,25H2,1-2H3,(H,27,31)(H,28,30)(H,33,34). The van der Waals surface area contributed by atoms with Crippen molar-refractivity contribution >= 4 is 46.4 Å². The molecule has 0 aliphatic carbocycles. The Kier molecular flexibility index (Phi) is 9.16. The van der Waals surface area contributed by atoms with E-state index in [-0.39, 0.29) is 6.42 Å². The number of nitrogens with zero attached hydrogens (tertiary/aromatic N) is 1. The van der Waals surface area contributed by atoms with E-state index in [9.17, 15) is 24.3 Å². The molecular formula is C24H33N5O5S. The fourth-order valence-corrected chi connectivity index (χ4v) is 4.76. The minimum Gasteiger partial charge on any atom is -0.480 e. The summed E-state index contributed by atoms with van der Waals surface area (Å²) in [5.74, 6) is -1.78. The number of fused-ring (bicyclic) bond motifs is 1. The van der Waals surface area contributed by atoms with E-state index >= 15 is 0 Å². The van der Waals surface area contributed by atoms with Crippen LogP contribution in [-0.4, -0.2) is 81.4 Å². The number of aliphatic carboxylic acids is 1. The van der Waals surface area contributed by atoms with Gasteiger partial charge in [0.05, 0.1) is 6.04 Å². The maximum atomic E-state index is 13.5. The number of aromatic amines is 1. The number of nitrogens with two attached hydrogens (primary N) is 1. The van der Waals surface area contributed by atoms with Crippen LogP contribution in [0.15, 0.2) is 30.5 Å². The fourth-order valence-electron chi connectivity index (χ4n) is 4.27. The molecule has 2 aromatic rings. The first-order chi connectivity index (χ1) is 16.7. The number of carboxylic acid groups (broad SMARTS) is 1. The van der Waals surface area contributed by atoms with Gasteiger partial charge in [0.15, 0.2) is 0 Å². The van der Waals surface area contributed by atoms with Crippen molar-refractivity contribution in [3.8, 4) is 0 Å². The van der Waals surface area contributed by atoms with Crippen LogP contribution in [0.2, 0.25) is 0 Å². The summed E-state index contributed by atoms with van der Waals surface area (Å²) in [4.78, 5) is 54.9. The molecule has 1 fully saturated rings. The lowest BCUT2D eigenvalue weighted by Crippen LogP contribution is -2.57. The summed E-state index contributed by atoms with van der Waals surface area (Å²) in [6.45, 7) is 1.84. The van der Waals surface area contributed by atoms with Gasteiger partial charge in [-0.2, -0.15) is 11.8 Å². The predicted octanol–water partition coefficient (Wildman–Crippen LogP) is 0.856. The molecule has 0 bridgehead atoms. The molecule has 3 amide bonds. The predicted molar refractivity (Wildman–Crippen MR) is 135 cm³/mol. The van der Waals surface area contributed by atoms with Crippen LogP contribution in [0.3, 0.4) is 0 Å². The molecule has 0 spiro atoms. The maximum absolute atomic E-state index is 13.5. The van der Waals surface area contributed by atoms with Gasteiger partial charge < -0.3 is 31.4 Å². The van der Waals surface area contributed by atoms with Gasteiger partial charge in [-0.25, -0.2) is 4.79 Å². The van der Waals surface area contributed by atoms with Gasteiger partial charge in [0.2, 0.25) is 17.7 Å². The van der Waals surface area contributed by atoms with Gasteiger partial charge in [-0.3, -0.25) is 14.4 Å². The smallest absolute Gasteiger partial charge is 0.326 e. The zero-order valence-electron chi connectivity index (χ0n) is 20.0. The molecule has 2 heterocycles. The normalized spacial score (nSPS) is 18.1. The Morgan fingerprint density at radius 2 is 1.97 bits per heavy atom. The zero-order chi connectivity index (χ0) is 25.5. The number of thioether (sulfide) groups is 1. The molecule has 10 nitrogen and oxygen atoms in total. The molecule has 0 saturated carbocycles. The summed E-state index contributed by atoms with van der Waals surface area (Å²) < 4.78 is 0. The van der Waals surface area contributed by atoms with Crippen LogP contribution in [-0.2, 0) is 25.6 Å². The number of carbonyl (C=O) groups excluding carboxylic acids is 3. The topological polar surface area (TPSA) is 158 Å². The number of nitrogens with one attached hydrogen (secondary N) is 3. The highest BCUT2D eigenvalue weighted by Gasteiger charge is 2.38. The minimum absolute atomic E-state index is 0.172. The third-order valence-corrected chi connectivity index (χ3v) is 6.90. The molecule has 35 heavy (non-hydrogen) atoms. The van der Waals surface area contributed by atoms with Crippen molar-refractivity contribution in [3.63, 3.8) is 0 Å². The first-order valence-corrected chi connectivity index (χ1v) is 13.1. The van der Waals surface area contributed by atoms with Crippen molar-refractivity contribution in [2.75, 3.05) is 18.6 Å². The van der Waals surface area contributed by atoms with Crippen molar-refractivity contribution in [1.82, 2.24) is 20.5 Å². The van der Waals surface area contributed by atoms with Crippen LogP contribution >= 0.6 is 11.8 Å². The lowest BCUT2D eigenvalue weighted by molar-refractivity contribution is -0.149. The number of hydrogen-bond donors (Lipinski definition) is 5. The molecule has 0 radical (unpaired) electrons. The highest BCUT2D eigenvalue weighted by molar-refractivity contribution is 7.98. The molecule has 1 aliphatic rings. The molecule has 3 rings (SSSR count). The number of aromatic nitrogens is 1. The Morgan fingerprint density at radius 3 is 2.69 bits per heavy atom. The second-order valence-electron chi connectivity index (χ2n) is 8.77. The van der Waals surface area contributed by atoms with Crippen molar-refractivity contribution in [2.24, 2.45) is 5.73 Å². The van der Waals surface area contributed by atoms with E-state index in [1.807, 2.05) is 30.5 Å². The van der Waals surface area contributed by atoms with Crippen LogP contribution in [0, 0.1) is 0 Å². The van der Waals surface area contributed by atoms with Crippen LogP contribution in [0.25, 0.3) is 10.9 Å². The van der Waals surface area contributed by atoms with Gasteiger partial charge >= 0.3 is 5.97 Å². The third kappa shape index (κ3) is 6.55. The Labute approximate surface area is 208 Å². The minimum atomic E-state index is -1.06. The average molecular weight is 504 g/mol. The molecule has 190 valence electrons. The second-order valence-corrected chi connectivity index (χ2v) is 9.76. The Balaban J connectivity index is 1.77. The van der Waals surface area contributed by atoms with Gasteiger partial charge in [0.25, 0.3) is 0 Å². The van der Waals surface area contributed by atoms with E-state index in [0.717, 1.165) is 22.2 Å². The average Bonchev–Trinajstić information content (AvgIpc) is 3.49. The quantitative estimate of drug-likeness (QED) is 0.304. The molecule has 6 N–H and O–H groups in total. The molecule has 1 aliphatic heterocycles. The number of H-pyrrole nitrogens is 1. The Morgan fingerprint density at radius 1 is 1.23 bits per heavy atom. The molecule has 4 atom stereocenters. The van der Waals surface area contributed by atoms with E-state index in [2.05, 4.69) is 15.6 Å². The summed E-state index contributed by atoms with van der Waals surface area (Å²) in [5.41, 5.74) is 7.61. The second kappa shape index (κ2) is 12.1. The van der Waals surface area contributed by atoms with Crippen molar-refractivity contribution in [3.05, 3.63) is 36.0 Å². The Bertz CT molecular complexity index is 1070. The molecule has 11 heteroatoms. The van der Waals surface area contributed by atoms with E-state index < -0.39 is 47.9 Å². The van der Waals surface area contributed by atoms with Gasteiger partial charge in [0, 0.05) is 30.1 Å². The number of amides is 3. The first-order valence-electron chi connectivity index (χ1n) is 11.7. The molecule has 1 saturated heterocycles. The van der Waals surface area contributed by atoms with Crippen LogP contribution in [0.1, 0.15) is 31.7 Å². The lowest BCUT2D eigenvalue weighted by Gasteiger charge is -2.28. The number of hydrogen-bond acceptors (Lipinski definition) is 6. The summed E-state index contributed by atoms with van der Waals surface area (Å²) in [5, 5.41) is 15.8. The van der Waals surface area contributed by atoms with Gasteiger partial charge in [-0.05, 0) is 49.8 Å². The van der Waals surface area contributed by atoms with Crippen molar-refractivity contribution in [2.45, 2.75) is 56.8 Å². The highest BCUT2D eigenvalue weighted by atomic mass is 32.2. The van der Waals surface area contributed by atoms with Crippen molar-refractivity contribution < 1.29 is 24.3 Å². The summed E-state index contributed by atoms with van der Waals surface area (Å²) >= 11 is 1.57. The van der Waals surface area contributed by atoms with E-state index in [4.69, 9.17) is 5.73 Å². The molecule has 4 unspecified atom stereocenters. The largest absolute Gasteiger partial charge is 0.480 e. The fraction of sp³-hybridized carbons (Fsp3) is 0.500. The van der Waals surface area contributed by atoms with Crippen LogP contribution < -0.4 is 16.4 Å². The van der Waals surface area contributed by atoms with Gasteiger partial charge in [-0.1, -0.05) is 18.2 Å². The Hall–Kier alpha value is -3.05. The number of para-hydroxylation sites is 1. The van der Waals surface area contributed by atoms with Gasteiger partial charge in [0.1, 0.15) is 18.1 Å². The van der Waals surface area contributed by atoms with Crippen LogP contribution in [0.5, 0.6) is 0 Å². The van der Waals surface area contributed by atoms with E-state index in [1.54, 1.807) is 18.0 Å². The molecule has 1 aromatic heterocycles. The number of likely N-dealkylation sites (tertiary alicyclic amines) is 1. The van der Waals surface area contributed by atoms with E-state index in [1.165, 1.54) is 11.8 Å². The van der Waals surface area contributed by atoms with Crippen LogP contribution in [0.4, 0.5) is 0 Å². The lowest BCUT2D eigenvalue weighted by atomic mass is 10.0. The SMILES string of the molecule is CSCCC(N)C(=O)NC(C)C(=O)NC(Cc1c[nH]c2ccccc12)C(=O)N1CCCC1C(=O)O. The first kappa shape index (κ1) is 26.6. The summed E-state index contributed by atoms with van der Waals surface area (Å²) in [6, 6.07) is 4.03. The third-order valence-electron chi connectivity index (χ3n) is 6.26. The van der Waals surface area contributed by atoms with E-state index in [0.29, 0.717) is 25.8 Å².